The lowest BCUT2D eigenvalue weighted by molar-refractivity contribution is -0.708. The Morgan fingerprint density at radius 2 is 2.00 bits per heavy atom. The highest BCUT2D eigenvalue weighted by Gasteiger charge is 2.21. The van der Waals surface area contributed by atoms with Crippen molar-refractivity contribution >= 4 is 28.5 Å². The first-order chi connectivity index (χ1) is 13.0. The summed E-state index contributed by atoms with van der Waals surface area (Å²) in [6, 6.07) is 15.9. The number of nitrogens with two attached hydrogens (primary N) is 1. The predicted octanol–water partition coefficient (Wildman–Crippen LogP) is 4.20. The zero-order valence-electron chi connectivity index (χ0n) is 15.8. The number of benzene rings is 2. The molecule has 3 aromatic rings. The van der Waals surface area contributed by atoms with Crippen LogP contribution in [0.4, 0.5) is 0 Å². The van der Waals surface area contributed by atoms with Gasteiger partial charge in [0.2, 0.25) is 0 Å². The smallest absolute Gasteiger partial charge is 0.340 e. The molecular weight excluding hydrogens is 360 g/mol. The van der Waals surface area contributed by atoms with Crippen LogP contribution < -0.4 is 5.32 Å². The van der Waals surface area contributed by atoms with Gasteiger partial charge < -0.3 is 10.1 Å². The molecule has 0 aliphatic rings. The van der Waals surface area contributed by atoms with E-state index in [4.69, 9.17) is 21.3 Å². The van der Waals surface area contributed by atoms with Crippen LogP contribution in [0.2, 0.25) is 5.02 Å². The second kappa shape index (κ2) is 8.51. The predicted molar refractivity (Wildman–Crippen MR) is 108 cm³/mol. The van der Waals surface area contributed by atoms with Gasteiger partial charge in [-0.2, -0.15) is 0 Å². The summed E-state index contributed by atoms with van der Waals surface area (Å²) in [6.45, 7) is 6.80. The molecule has 1 heterocycles. The summed E-state index contributed by atoms with van der Waals surface area (Å²) < 4.78 is 5.30. The third kappa shape index (κ3) is 4.29. The van der Waals surface area contributed by atoms with Gasteiger partial charge in [-0.3, -0.25) is 0 Å². The van der Waals surface area contributed by atoms with Crippen molar-refractivity contribution in [3.63, 3.8) is 0 Å². The molecule has 0 radical (unpaired) electrons. The Hall–Kier alpha value is -2.43. The molecule has 0 aliphatic heterocycles. The fourth-order valence-electron chi connectivity index (χ4n) is 3.28. The molecule has 1 atom stereocenters. The molecule has 0 spiro atoms. The van der Waals surface area contributed by atoms with Crippen molar-refractivity contribution in [2.24, 2.45) is 0 Å². The van der Waals surface area contributed by atoms with Crippen LogP contribution >= 0.6 is 11.6 Å². The van der Waals surface area contributed by atoms with Crippen LogP contribution in [0.1, 0.15) is 47.1 Å². The van der Waals surface area contributed by atoms with E-state index < -0.39 is 0 Å². The lowest BCUT2D eigenvalue weighted by Crippen LogP contribution is -2.83. The lowest BCUT2D eigenvalue weighted by atomic mass is 10.0. The van der Waals surface area contributed by atoms with Gasteiger partial charge in [0.25, 0.3) is 0 Å². The number of hydrogen-bond donors (Lipinski definition) is 1. The number of quaternary nitrogens is 1. The Balaban J connectivity index is 1.94. The van der Waals surface area contributed by atoms with E-state index in [-0.39, 0.29) is 12.0 Å². The standard InChI is InChI=1S/C22H23ClN2O2/c1-4-27-22(26)21-14(2)18-10-5-6-11-19(18)25-20(21)13-24-15(3)16-8-7-9-17(23)12-16/h5-12,15,24H,4,13H2,1-3H3/p+1/t15-/m1/s1. The Kier molecular flexibility index (Phi) is 6.09. The van der Waals surface area contributed by atoms with E-state index in [1.165, 1.54) is 0 Å². The van der Waals surface area contributed by atoms with Crippen molar-refractivity contribution in [2.75, 3.05) is 6.61 Å². The third-order valence-electron chi connectivity index (χ3n) is 4.75. The Labute approximate surface area is 164 Å². The average Bonchev–Trinajstić information content (AvgIpc) is 2.66. The summed E-state index contributed by atoms with van der Waals surface area (Å²) in [5, 5.41) is 3.86. The Bertz CT molecular complexity index is 972. The normalized spacial score (nSPS) is 12.1. The van der Waals surface area contributed by atoms with E-state index in [1.807, 2.05) is 56.3 Å². The molecule has 2 N–H and O–H groups in total. The molecule has 3 rings (SSSR count). The molecule has 1 aromatic heterocycles. The quantitative estimate of drug-likeness (QED) is 0.649. The highest BCUT2D eigenvalue weighted by Crippen LogP contribution is 2.23. The fourth-order valence-corrected chi connectivity index (χ4v) is 3.48. The minimum absolute atomic E-state index is 0.187. The van der Waals surface area contributed by atoms with Gasteiger partial charge in [0, 0.05) is 16.0 Å². The Morgan fingerprint density at radius 1 is 1.22 bits per heavy atom. The number of rotatable bonds is 6. The maximum absolute atomic E-state index is 12.6. The van der Waals surface area contributed by atoms with E-state index in [9.17, 15) is 4.79 Å². The van der Waals surface area contributed by atoms with Crippen LogP contribution in [-0.4, -0.2) is 17.6 Å². The number of ether oxygens (including phenoxy) is 1. The van der Waals surface area contributed by atoms with Gasteiger partial charge in [0.15, 0.2) is 0 Å². The Morgan fingerprint density at radius 3 is 2.74 bits per heavy atom. The number of nitrogens with zero attached hydrogens (tertiary/aromatic N) is 1. The van der Waals surface area contributed by atoms with Gasteiger partial charge in [-0.05, 0) is 44.5 Å². The number of carbonyl (C=O) groups is 1. The number of halogens is 1. The summed E-state index contributed by atoms with van der Waals surface area (Å²) in [6.07, 6.45) is 0. The maximum atomic E-state index is 12.6. The molecule has 0 fully saturated rings. The molecule has 0 unspecified atom stereocenters. The summed E-state index contributed by atoms with van der Waals surface area (Å²) in [4.78, 5) is 17.4. The van der Waals surface area contributed by atoms with Crippen LogP contribution in [-0.2, 0) is 11.3 Å². The van der Waals surface area contributed by atoms with Crippen LogP contribution in [0.25, 0.3) is 10.9 Å². The van der Waals surface area contributed by atoms with Crippen molar-refractivity contribution in [1.29, 1.82) is 0 Å². The average molecular weight is 384 g/mol. The molecule has 0 bridgehead atoms. The summed E-state index contributed by atoms with van der Waals surface area (Å²) in [5.74, 6) is -0.313. The van der Waals surface area contributed by atoms with Crippen LogP contribution in [0.15, 0.2) is 48.5 Å². The van der Waals surface area contributed by atoms with E-state index >= 15 is 0 Å². The van der Waals surface area contributed by atoms with Gasteiger partial charge in [-0.1, -0.05) is 41.9 Å². The van der Waals surface area contributed by atoms with Crippen molar-refractivity contribution in [3.05, 3.63) is 75.9 Å². The molecule has 4 nitrogen and oxygen atoms in total. The summed E-state index contributed by atoms with van der Waals surface area (Å²) >= 11 is 6.11. The number of para-hydroxylation sites is 1. The highest BCUT2D eigenvalue weighted by molar-refractivity contribution is 6.30. The number of fused-ring (bicyclic) bond motifs is 1. The minimum Gasteiger partial charge on any atom is -0.462 e. The maximum Gasteiger partial charge on any atom is 0.340 e. The largest absolute Gasteiger partial charge is 0.462 e. The monoisotopic (exact) mass is 383 g/mol. The van der Waals surface area contributed by atoms with Crippen LogP contribution in [0.5, 0.6) is 0 Å². The van der Waals surface area contributed by atoms with Crippen molar-refractivity contribution < 1.29 is 14.8 Å². The number of aromatic nitrogens is 1. The number of carbonyl (C=O) groups excluding carboxylic acids is 1. The highest BCUT2D eigenvalue weighted by atomic mass is 35.5. The topological polar surface area (TPSA) is 55.8 Å². The number of pyridine rings is 1. The van der Waals surface area contributed by atoms with Crippen molar-refractivity contribution in [2.45, 2.75) is 33.4 Å². The van der Waals surface area contributed by atoms with Crippen LogP contribution in [0.3, 0.4) is 0 Å². The lowest BCUT2D eigenvalue weighted by Gasteiger charge is -2.15. The number of hydrogen-bond acceptors (Lipinski definition) is 3. The zero-order chi connectivity index (χ0) is 19.4. The zero-order valence-corrected chi connectivity index (χ0v) is 16.6. The van der Waals surface area contributed by atoms with Gasteiger partial charge in [-0.15, -0.1) is 0 Å². The molecule has 140 valence electrons. The van der Waals surface area contributed by atoms with Gasteiger partial charge >= 0.3 is 5.97 Å². The van der Waals surface area contributed by atoms with E-state index in [0.717, 1.165) is 32.7 Å². The molecule has 27 heavy (non-hydrogen) atoms. The molecule has 5 heteroatoms. The molecule has 0 aliphatic carbocycles. The molecule has 0 amide bonds. The first-order valence-electron chi connectivity index (χ1n) is 9.15. The first-order valence-corrected chi connectivity index (χ1v) is 9.53. The SMILES string of the molecule is CCOC(=O)c1c(C[NH2+][C@H](C)c2cccc(Cl)c2)nc2ccccc2c1C. The van der Waals surface area contributed by atoms with E-state index in [0.29, 0.717) is 18.7 Å². The molecule has 0 saturated carbocycles. The number of aryl methyl sites for hydroxylation is 1. The van der Waals surface area contributed by atoms with Crippen molar-refractivity contribution in [3.8, 4) is 0 Å². The van der Waals surface area contributed by atoms with Gasteiger partial charge in [0.1, 0.15) is 18.3 Å². The minimum atomic E-state index is -0.313. The second-order valence-electron chi connectivity index (χ2n) is 6.58. The van der Waals surface area contributed by atoms with Gasteiger partial charge in [-0.25, -0.2) is 9.78 Å². The van der Waals surface area contributed by atoms with Crippen molar-refractivity contribution in [1.82, 2.24) is 4.98 Å². The molecule has 0 saturated heterocycles. The number of esters is 1. The first kappa shape index (κ1) is 19.3. The fraction of sp³-hybridized carbons (Fsp3) is 0.273. The summed E-state index contributed by atoms with van der Waals surface area (Å²) in [7, 11) is 0. The van der Waals surface area contributed by atoms with E-state index in [1.54, 1.807) is 0 Å². The van der Waals surface area contributed by atoms with E-state index in [2.05, 4.69) is 18.3 Å². The summed E-state index contributed by atoms with van der Waals surface area (Å²) in [5.41, 5.74) is 4.26. The van der Waals surface area contributed by atoms with Gasteiger partial charge in [0.05, 0.1) is 17.7 Å². The second-order valence-corrected chi connectivity index (χ2v) is 7.02. The molecular formula is C22H24ClN2O2+. The molecule has 2 aromatic carbocycles. The third-order valence-corrected chi connectivity index (χ3v) is 4.98. The van der Waals surface area contributed by atoms with Crippen LogP contribution in [0, 0.1) is 6.92 Å².